The molecule has 1 aliphatic carbocycles. The zero-order chi connectivity index (χ0) is 18.1. The summed E-state index contributed by atoms with van der Waals surface area (Å²) in [6, 6.07) is 8.12. The molecule has 0 aromatic heterocycles. The topological polar surface area (TPSA) is 49.4 Å². The van der Waals surface area contributed by atoms with Crippen LogP contribution in [-0.4, -0.2) is 47.1 Å². The summed E-state index contributed by atoms with van der Waals surface area (Å²) in [5.41, 5.74) is 2.84. The van der Waals surface area contributed by atoms with Gasteiger partial charge in [0.2, 0.25) is 5.91 Å². The van der Waals surface area contributed by atoms with Crippen molar-refractivity contribution in [3.63, 3.8) is 0 Å². The Morgan fingerprint density at radius 1 is 1.12 bits per heavy atom. The number of ketones is 1. The van der Waals surface area contributed by atoms with Crippen LogP contribution >= 0.6 is 12.2 Å². The van der Waals surface area contributed by atoms with Crippen LogP contribution in [-0.2, 0) is 22.4 Å². The minimum absolute atomic E-state index is 0.0639. The van der Waals surface area contributed by atoms with Crippen molar-refractivity contribution >= 4 is 28.8 Å². The fraction of sp³-hybridized carbons (Fsp3) is 0.571. The summed E-state index contributed by atoms with van der Waals surface area (Å²) in [7, 11) is 0. The lowest BCUT2D eigenvalue weighted by atomic mass is 9.89. The van der Waals surface area contributed by atoms with Gasteiger partial charge in [-0.3, -0.25) is 9.59 Å². The minimum Gasteiger partial charge on any atom is -0.341 e. The van der Waals surface area contributed by atoms with E-state index in [1.165, 1.54) is 11.1 Å². The van der Waals surface area contributed by atoms with Gasteiger partial charge in [-0.1, -0.05) is 36.5 Å². The number of benzene rings is 1. The van der Waals surface area contributed by atoms with E-state index in [0.29, 0.717) is 23.7 Å². The van der Waals surface area contributed by atoms with Crippen LogP contribution < -0.4 is 5.32 Å². The fourth-order valence-corrected chi connectivity index (χ4v) is 5.06. The molecule has 5 heteroatoms. The van der Waals surface area contributed by atoms with Crippen molar-refractivity contribution in [1.29, 1.82) is 0 Å². The molecular formula is C21H26N2O2S. The maximum atomic E-state index is 12.9. The quantitative estimate of drug-likeness (QED) is 0.809. The highest BCUT2D eigenvalue weighted by molar-refractivity contribution is 7.80. The molecule has 0 spiro atoms. The van der Waals surface area contributed by atoms with Gasteiger partial charge in [0.05, 0.1) is 5.92 Å². The SMILES string of the molecule is O=C(CCC1Cc2ccccc2C1)C1C(=S)CN[C@@H]1C(=O)N1CCCC1. The van der Waals surface area contributed by atoms with Crippen LogP contribution in [0.25, 0.3) is 0 Å². The van der Waals surface area contributed by atoms with Crippen LogP contribution in [0.2, 0.25) is 0 Å². The summed E-state index contributed by atoms with van der Waals surface area (Å²) in [4.78, 5) is 28.3. The number of carbonyl (C=O) groups is 2. The molecule has 26 heavy (non-hydrogen) atoms. The highest BCUT2D eigenvalue weighted by Gasteiger charge is 2.42. The van der Waals surface area contributed by atoms with Crippen molar-refractivity contribution in [3.05, 3.63) is 35.4 Å². The molecule has 3 aliphatic rings. The molecule has 4 nitrogen and oxygen atoms in total. The number of likely N-dealkylation sites (tertiary alicyclic amines) is 1. The van der Waals surface area contributed by atoms with E-state index < -0.39 is 12.0 Å². The monoisotopic (exact) mass is 370 g/mol. The molecular weight excluding hydrogens is 344 g/mol. The second-order valence-corrected chi connectivity index (χ2v) is 8.41. The summed E-state index contributed by atoms with van der Waals surface area (Å²) in [6.45, 7) is 2.13. The molecule has 2 saturated heterocycles. The summed E-state index contributed by atoms with van der Waals surface area (Å²) in [6.07, 6.45) is 5.65. The number of rotatable bonds is 5. The molecule has 1 unspecified atom stereocenters. The van der Waals surface area contributed by atoms with Gasteiger partial charge in [-0.05, 0) is 49.1 Å². The Balaban J connectivity index is 1.35. The van der Waals surface area contributed by atoms with E-state index >= 15 is 0 Å². The molecule has 4 rings (SSSR count). The number of thiocarbonyl (C=S) groups is 1. The Labute approximate surface area is 160 Å². The van der Waals surface area contributed by atoms with E-state index in [0.717, 1.165) is 45.2 Å². The molecule has 0 saturated carbocycles. The number of hydrogen-bond acceptors (Lipinski definition) is 4. The van der Waals surface area contributed by atoms with Gasteiger partial charge in [0.15, 0.2) is 0 Å². The Hall–Kier alpha value is -1.59. The first kappa shape index (κ1) is 17.8. The molecule has 0 bridgehead atoms. The second-order valence-electron chi connectivity index (χ2n) is 7.88. The Morgan fingerprint density at radius 3 is 2.42 bits per heavy atom. The molecule has 1 N–H and O–H groups in total. The van der Waals surface area contributed by atoms with Crippen molar-refractivity contribution in [1.82, 2.24) is 10.2 Å². The molecule has 2 heterocycles. The predicted molar refractivity (Wildman–Crippen MR) is 105 cm³/mol. The average molecular weight is 371 g/mol. The predicted octanol–water partition coefficient (Wildman–Crippen LogP) is 2.33. The van der Waals surface area contributed by atoms with Crippen LogP contribution in [0.4, 0.5) is 0 Å². The fourth-order valence-electron chi connectivity index (χ4n) is 4.71. The Kier molecular flexibility index (Phi) is 5.18. The third-order valence-electron chi connectivity index (χ3n) is 6.14. The summed E-state index contributed by atoms with van der Waals surface area (Å²) < 4.78 is 0. The molecule has 138 valence electrons. The zero-order valence-electron chi connectivity index (χ0n) is 15.1. The van der Waals surface area contributed by atoms with Crippen molar-refractivity contribution < 1.29 is 9.59 Å². The normalized spacial score (nSPS) is 25.7. The van der Waals surface area contributed by atoms with Gasteiger partial charge in [-0.25, -0.2) is 0 Å². The summed E-state index contributed by atoms with van der Waals surface area (Å²) >= 11 is 5.44. The third-order valence-corrected chi connectivity index (χ3v) is 6.54. The maximum absolute atomic E-state index is 12.9. The molecule has 1 aromatic rings. The number of fused-ring (bicyclic) bond motifs is 1. The second kappa shape index (κ2) is 7.57. The van der Waals surface area contributed by atoms with Crippen LogP contribution in [0.15, 0.2) is 24.3 Å². The van der Waals surface area contributed by atoms with E-state index in [4.69, 9.17) is 12.2 Å². The van der Waals surface area contributed by atoms with Gasteiger partial charge in [0.1, 0.15) is 11.8 Å². The van der Waals surface area contributed by atoms with Crippen molar-refractivity contribution in [2.24, 2.45) is 11.8 Å². The lowest BCUT2D eigenvalue weighted by molar-refractivity contribution is -0.135. The first-order chi connectivity index (χ1) is 12.6. The van der Waals surface area contributed by atoms with Gasteiger partial charge in [-0.15, -0.1) is 0 Å². The van der Waals surface area contributed by atoms with Crippen molar-refractivity contribution in [2.75, 3.05) is 19.6 Å². The van der Waals surface area contributed by atoms with Crippen LogP contribution in [0.3, 0.4) is 0 Å². The number of nitrogens with zero attached hydrogens (tertiary/aromatic N) is 1. The Bertz CT molecular complexity index is 701. The minimum atomic E-state index is -0.436. The lowest BCUT2D eigenvalue weighted by Crippen LogP contribution is -2.47. The number of Topliss-reactive ketones (excluding diaryl/α,β-unsaturated/α-hetero) is 1. The molecule has 1 aromatic carbocycles. The molecule has 1 amide bonds. The van der Waals surface area contributed by atoms with Gasteiger partial charge in [0.25, 0.3) is 0 Å². The maximum Gasteiger partial charge on any atom is 0.240 e. The molecule has 0 radical (unpaired) electrons. The first-order valence-electron chi connectivity index (χ1n) is 9.78. The van der Waals surface area contributed by atoms with E-state index in [1.807, 2.05) is 4.90 Å². The first-order valence-corrected chi connectivity index (χ1v) is 10.2. The van der Waals surface area contributed by atoms with E-state index in [2.05, 4.69) is 29.6 Å². The summed E-state index contributed by atoms with van der Waals surface area (Å²) in [5.74, 6) is 0.330. The Morgan fingerprint density at radius 2 is 1.77 bits per heavy atom. The van der Waals surface area contributed by atoms with Gasteiger partial charge < -0.3 is 10.2 Å². The molecule has 2 fully saturated rings. The number of nitrogens with one attached hydrogen (secondary N) is 1. The summed E-state index contributed by atoms with van der Waals surface area (Å²) in [5, 5.41) is 3.20. The average Bonchev–Trinajstić information content (AvgIpc) is 3.37. The van der Waals surface area contributed by atoms with E-state index in [9.17, 15) is 9.59 Å². The van der Waals surface area contributed by atoms with Crippen molar-refractivity contribution in [2.45, 2.75) is 44.6 Å². The highest BCUT2D eigenvalue weighted by atomic mass is 32.1. The van der Waals surface area contributed by atoms with Gasteiger partial charge in [0, 0.05) is 30.9 Å². The van der Waals surface area contributed by atoms with E-state index in [1.54, 1.807) is 0 Å². The molecule has 2 aliphatic heterocycles. The van der Waals surface area contributed by atoms with Gasteiger partial charge >= 0.3 is 0 Å². The number of amides is 1. The largest absolute Gasteiger partial charge is 0.341 e. The zero-order valence-corrected chi connectivity index (χ0v) is 15.9. The van der Waals surface area contributed by atoms with Gasteiger partial charge in [-0.2, -0.15) is 0 Å². The van der Waals surface area contributed by atoms with Crippen LogP contribution in [0.1, 0.15) is 36.8 Å². The third kappa shape index (κ3) is 3.47. The van der Waals surface area contributed by atoms with Crippen LogP contribution in [0.5, 0.6) is 0 Å². The standard InChI is InChI=1S/C21H26N2O2S/c24-17(8-7-14-11-15-5-1-2-6-16(15)12-14)19-18(26)13-22-20(19)21(25)23-9-3-4-10-23/h1-2,5-6,14,19-20,22H,3-4,7-13H2/t19?,20-/m0/s1. The van der Waals surface area contributed by atoms with Crippen molar-refractivity contribution in [3.8, 4) is 0 Å². The smallest absolute Gasteiger partial charge is 0.240 e. The molecule has 2 atom stereocenters. The lowest BCUT2D eigenvalue weighted by Gasteiger charge is -2.24. The number of hydrogen-bond donors (Lipinski definition) is 1. The number of carbonyl (C=O) groups excluding carboxylic acids is 2. The van der Waals surface area contributed by atoms with Crippen LogP contribution in [0, 0.1) is 11.8 Å². The van der Waals surface area contributed by atoms with E-state index in [-0.39, 0.29) is 11.7 Å². The highest BCUT2D eigenvalue weighted by Crippen LogP contribution is 2.30.